The first-order valence-corrected chi connectivity index (χ1v) is 10.4. The van der Waals surface area contributed by atoms with E-state index in [1.54, 1.807) is 0 Å². The molecule has 0 radical (unpaired) electrons. The summed E-state index contributed by atoms with van der Waals surface area (Å²) in [5.41, 5.74) is 2.86. The van der Waals surface area contributed by atoms with E-state index in [0.717, 1.165) is 12.5 Å². The number of hydrogen-bond acceptors (Lipinski definition) is 0. The molecule has 4 heteroatoms. The third kappa shape index (κ3) is 2.70. The minimum atomic E-state index is -2.49. The molecule has 1 aliphatic rings. The van der Waals surface area contributed by atoms with Crippen LogP contribution in [0.15, 0.2) is 24.3 Å². The smallest absolute Gasteiger partial charge is 0.126 e. The highest BCUT2D eigenvalue weighted by Crippen LogP contribution is 2.43. The van der Waals surface area contributed by atoms with Crippen LogP contribution in [0.2, 0.25) is 6.04 Å². The fourth-order valence-corrected chi connectivity index (χ4v) is 5.30. The Hall–Kier alpha value is 0.307. The van der Waals surface area contributed by atoms with Gasteiger partial charge in [-0.3, -0.25) is 0 Å². The van der Waals surface area contributed by atoms with Crippen molar-refractivity contribution < 1.29 is 0 Å². The molecule has 0 amide bonds. The maximum absolute atomic E-state index is 5.99. The molecule has 0 fully saturated rings. The summed E-state index contributed by atoms with van der Waals surface area (Å²) in [4.78, 5) is 0. The van der Waals surface area contributed by atoms with Crippen LogP contribution in [0.4, 0.5) is 0 Å². The third-order valence-corrected chi connectivity index (χ3v) is 5.60. The summed E-state index contributed by atoms with van der Waals surface area (Å²) in [6, 6.07) is 6.84. The van der Waals surface area contributed by atoms with Crippen molar-refractivity contribution in [3.8, 4) is 0 Å². The van der Waals surface area contributed by atoms with Gasteiger partial charge in [-0.25, -0.2) is 0 Å². The van der Waals surface area contributed by atoms with Gasteiger partial charge in [0, 0.05) is 0 Å². The largest absolute Gasteiger partial charge is 0.341 e. The molecule has 2 atom stereocenters. The van der Waals surface area contributed by atoms with Crippen LogP contribution in [-0.4, -0.2) is 6.00 Å². The molecule has 0 bridgehead atoms. The predicted octanol–water partition coefficient (Wildman–Crippen LogP) is 4.62. The van der Waals surface area contributed by atoms with Crippen LogP contribution < -0.4 is 0 Å². The maximum atomic E-state index is 5.99. The molecule has 0 spiro atoms. The number of hydrogen-bond donors (Lipinski definition) is 0. The molecular weight excluding hydrogens is 267 g/mol. The highest BCUT2D eigenvalue weighted by Gasteiger charge is 2.36. The zero-order valence-electron chi connectivity index (χ0n) is 8.51. The average Bonchev–Trinajstić information content (AvgIpc) is 2.42. The molecule has 0 unspecified atom stereocenters. The van der Waals surface area contributed by atoms with Crippen molar-refractivity contribution in [1.29, 1.82) is 0 Å². The first-order chi connectivity index (χ1) is 6.97. The Bertz CT molecular complexity index is 359. The maximum Gasteiger partial charge on any atom is 0.341 e. The highest BCUT2D eigenvalue weighted by atomic mass is 35.8. The molecule has 0 heterocycles. The SMILES string of the molecule is C[C@@H]1c2ccccc2C[C@H]1C[Si](Cl)(Cl)Cl. The second kappa shape index (κ2) is 4.29. The summed E-state index contributed by atoms with van der Waals surface area (Å²) in [5, 5.41) is 0. The monoisotopic (exact) mass is 278 g/mol. The summed E-state index contributed by atoms with van der Waals surface area (Å²) in [7, 11) is 0. The van der Waals surface area contributed by atoms with Gasteiger partial charge in [-0.2, -0.15) is 0 Å². The number of rotatable bonds is 2. The summed E-state index contributed by atoms with van der Waals surface area (Å²) in [5.74, 6) is 1.05. The molecular formula is C11H13Cl3Si. The summed E-state index contributed by atoms with van der Waals surface area (Å²) in [6.07, 6.45) is 1.07. The Labute approximate surface area is 106 Å². The van der Waals surface area contributed by atoms with Crippen LogP contribution in [0.1, 0.15) is 24.0 Å². The number of halogens is 3. The number of fused-ring (bicyclic) bond motifs is 1. The Kier molecular flexibility index (Phi) is 3.37. The Morgan fingerprint density at radius 1 is 1.27 bits per heavy atom. The van der Waals surface area contributed by atoms with E-state index in [2.05, 4.69) is 31.2 Å². The van der Waals surface area contributed by atoms with E-state index in [-0.39, 0.29) is 0 Å². The van der Waals surface area contributed by atoms with E-state index in [1.165, 1.54) is 11.1 Å². The van der Waals surface area contributed by atoms with Gasteiger partial charge < -0.3 is 0 Å². The summed E-state index contributed by atoms with van der Waals surface area (Å²) >= 11 is 18.0. The van der Waals surface area contributed by atoms with Crippen molar-refractivity contribution in [2.45, 2.75) is 25.3 Å². The zero-order valence-corrected chi connectivity index (χ0v) is 11.8. The van der Waals surface area contributed by atoms with Crippen LogP contribution in [-0.2, 0) is 6.42 Å². The standard InChI is InChI=1S/C11H13Cl3Si/c1-8-10(7-15(12,13)14)6-9-4-2-3-5-11(8)9/h2-5,8,10H,6-7H2,1H3/t8-,10-/m0/s1. The van der Waals surface area contributed by atoms with E-state index in [9.17, 15) is 0 Å². The van der Waals surface area contributed by atoms with Crippen LogP contribution in [0.3, 0.4) is 0 Å². The fourth-order valence-electron chi connectivity index (χ4n) is 2.42. The molecule has 1 aromatic carbocycles. The van der Waals surface area contributed by atoms with Crippen molar-refractivity contribution in [3.63, 3.8) is 0 Å². The van der Waals surface area contributed by atoms with Crippen molar-refractivity contribution in [2.24, 2.45) is 5.92 Å². The molecule has 1 aromatic rings. The molecule has 82 valence electrons. The van der Waals surface area contributed by atoms with Crippen LogP contribution >= 0.6 is 33.2 Å². The quantitative estimate of drug-likeness (QED) is 0.547. The van der Waals surface area contributed by atoms with E-state index in [4.69, 9.17) is 33.2 Å². The van der Waals surface area contributed by atoms with Gasteiger partial charge in [0.15, 0.2) is 0 Å². The molecule has 2 rings (SSSR count). The van der Waals surface area contributed by atoms with Gasteiger partial charge in [0.1, 0.15) is 0 Å². The Balaban J connectivity index is 2.17. The Morgan fingerprint density at radius 2 is 1.93 bits per heavy atom. The Morgan fingerprint density at radius 3 is 2.53 bits per heavy atom. The summed E-state index contributed by atoms with van der Waals surface area (Å²) < 4.78 is 0. The molecule has 0 saturated heterocycles. The molecule has 0 nitrogen and oxygen atoms in total. The molecule has 1 aliphatic carbocycles. The van der Waals surface area contributed by atoms with E-state index in [0.29, 0.717) is 11.8 Å². The van der Waals surface area contributed by atoms with Gasteiger partial charge in [-0.05, 0) is 35.4 Å². The molecule has 0 aromatic heterocycles. The first kappa shape index (κ1) is 11.8. The van der Waals surface area contributed by atoms with Gasteiger partial charge in [0.05, 0.1) is 0 Å². The van der Waals surface area contributed by atoms with Crippen molar-refractivity contribution in [1.82, 2.24) is 0 Å². The van der Waals surface area contributed by atoms with Crippen LogP contribution in [0, 0.1) is 5.92 Å². The lowest BCUT2D eigenvalue weighted by atomic mass is 9.96. The van der Waals surface area contributed by atoms with Gasteiger partial charge in [0.2, 0.25) is 0 Å². The third-order valence-electron chi connectivity index (χ3n) is 3.23. The molecule has 0 N–H and O–H groups in total. The second-order valence-corrected chi connectivity index (χ2v) is 13.5. The minimum Gasteiger partial charge on any atom is -0.126 e. The van der Waals surface area contributed by atoms with Crippen molar-refractivity contribution in [2.75, 3.05) is 0 Å². The van der Waals surface area contributed by atoms with Crippen LogP contribution in [0.25, 0.3) is 0 Å². The predicted molar refractivity (Wildman–Crippen MR) is 70.2 cm³/mol. The normalized spacial score (nSPS) is 25.3. The van der Waals surface area contributed by atoms with Crippen molar-refractivity contribution >= 4 is 39.2 Å². The van der Waals surface area contributed by atoms with Gasteiger partial charge in [-0.1, -0.05) is 31.2 Å². The number of benzene rings is 1. The molecule has 0 aliphatic heterocycles. The molecule has 15 heavy (non-hydrogen) atoms. The van der Waals surface area contributed by atoms with Gasteiger partial charge in [-0.15, -0.1) is 33.2 Å². The lowest BCUT2D eigenvalue weighted by molar-refractivity contribution is 0.529. The van der Waals surface area contributed by atoms with Crippen LogP contribution in [0.5, 0.6) is 0 Å². The van der Waals surface area contributed by atoms with Gasteiger partial charge in [0.25, 0.3) is 0 Å². The van der Waals surface area contributed by atoms with E-state index >= 15 is 0 Å². The topological polar surface area (TPSA) is 0 Å². The lowest BCUT2D eigenvalue weighted by Crippen LogP contribution is -2.18. The first-order valence-electron chi connectivity index (χ1n) is 5.12. The molecule has 0 saturated carbocycles. The van der Waals surface area contributed by atoms with E-state index < -0.39 is 6.00 Å². The fraction of sp³-hybridized carbons (Fsp3) is 0.455. The lowest BCUT2D eigenvalue weighted by Gasteiger charge is -2.18. The summed E-state index contributed by atoms with van der Waals surface area (Å²) in [6.45, 7) is 2.24. The van der Waals surface area contributed by atoms with Gasteiger partial charge >= 0.3 is 6.00 Å². The van der Waals surface area contributed by atoms with E-state index in [1.807, 2.05) is 0 Å². The zero-order chi connectivity index (χ0) is 11.1. The van der Waals surface area contributed by atoms with Crippen molar-refractivity contribution in [3.05, 3.63) is 35.4 Å². The minimum absolute atomic E-state index is 0.515. The average molecular weight is 280 g/mol. The highest BCUT2D eigenvalue weighted by molar-refractivity contribution is 7.64. The second-order valence-electron chi connectivity index (χ2n) is 4.27.